The van der Waals surface area contributed by atoms with E-state index in [0.29, 0.717) is 18.3 Å². The highest BCUT2D eigenvalue weighted by Gasteiger charge is 2.03. The van der Waals surface area contributed by atoms with Gasteiger partial charge in [0.2, 0.25) is 0 Å². The van der Waals surface area contributed by atoms with Crippen LogP contribution >= 0.6 is 11.8 Å². The maximum atomic E-state index is 5.75. The van der Waals surface area contributed by atoms with Gasteiger partial charge in [-0.15, -0.1) is 0 Å². The number of thioether (sulfide) groups is 1. The van der Waals surface area contributed by atoms with Gasteiger partial charge < -0.3 is 16.2 Å². The van der Waals surface area contributed by atoms with Crippen LogP contribution in [0.15, 0.2) is 23.2 Å². The van der Waals surface area contributed by atoms with Crippen LogP contribution in [0.3, 0.4) is 0 Å². The molecule has 0 radical (unpaired) electrons. The molecule has 0 aromatic heterocycles. The first-order valence-corrected chi connectivity index (χ1v) is 6.62. The quantitative estimate of drug-likeness (QED) is 0.623. The largest absolute Gasteiger partial charge is 0.494 e. The standard InChI is InChI=1S/C12H19N3OS/c1-3-16-11-6-5-10(7-9(11)8-13)15-12(14)17-4-2/h5-7H,3-4,8,13H2,1-2H3,(H2,14,15). The lowest BCUT2D eigenvalue weighted by molar-refractivity contribution is 0.336. The molecule has 0 fully saturated rings. The molecule has 0 heterocycles. The molecule has 94 valence electrons. The van der Waals surface area contributed by atoms with Crippen molar-refractivity contribution in [2.45, 2.75) is 20.4 Å². The van der Waals surface area contributed by atoms with Gasteiger partial charge in [0.25, 0.3) is 0 Å². The predicted octanol–water partition coefficient (Wildman–Crippen LogP) is 2.24. The van der Waals surface area contributed by atoms with Crippen molar-refractivity contribution in [2.75, 3.05) is 12.4 Å². The number of amidine groups is 1. The highest BCUT2D eigenvalue weighted by Crippen LogP contribution is 2.24. The summed E-state index contributed by atoms with van der Waals surface area (Å²) in [5.41, 5.74) is 13.2. The van der Waals surface area contributed by atoms with Gasteiger partial charge in [-0.1, -0.05) is 18.7 Å². The second-order valence-electron chi connectivity index (χ2n) is 3.31. The molecule has 4 N–H and O–H groups in total. The fourth-order valence-electron chi connectivity index (χ4n) is 1.40. The third-order valence-corrected chi connectivity index (χ3v) is 2.77. The molecule has 0 aliphatic carbocycles. The van der Waals surface area contributed by atoms with Crippen molar-refractivity contribution in [1.82, 2.24) is 0 Å². The minimum Gasteiger partial charge on any atom is -0.494 e. The summed E-state index contributed by atoms with van der Waals surface area (Å²) < 4.78 is 5.47. The summed E-state index contributed by atoms with van der Waals surface area (Å²) in [5, 5.41) is 0.569. The van der Waals surface area contributed by atoms with E-state index in [4.69, 9.17) is 16.2 Å². The highest BCUT2D eigenvalue weighted by atomic mass is 32.2. The molecule has 17 heavy (non-hydrogen) atoms. The lowest BCUT2D eigenvalue weighted by Crippen LogP contribution is -2.06. The molecule has 0 aliphatic heterocycles. The molecule has 1 rings (SSSR count). The molecule has 0 saturated carbocycles. The number of rotatable bonds is 5. The van der Waals surface area contributed by atoms with Crippen molar-refractivity contribution >= 4 is 22.6 Å². The molecule has 0 amide bonds. The molecule has 5 heteroatoms. The summed E-state index contributed by atoms with van der Waals surface area (Å²) in [6, 6.07) is 5.68. The van der Waals surface area contributed by atoms with E-state index in [-0.39, 0.29) is 0 Å². The van der Waals surface area contributed by atoms with E-state index in [1.165, 1.54) is 11.8 Å². The van der Waals surface area contributed by atoms with E-state index in [2.05, 4.69) is 4.99 Å². The van der Waals surface area contributed by atoms with E-state index >= 15 is 0 Å². The van der Waals surface area contributed by atoms with Crippen LogP contribution in [0.25, 0.3) is 0 Å². The van der Waals surface area contributed by atoms with Gasteiger partial charge >= 0.3 is 0 Å². The van der Waals surface area contributed by atoms with Gasteiger partial charge in [0.05, 0.1) is 12.3 Å². The van der Waals surface area contributed by atoms with E-state index in [1.54, 1.807) is 0 Å². The van der Waals surface area contributed by atoms with Gasteiger partial charge in [0, 0.05) is 12.1 Å². The van der Waals surface area contributed by atoms with Gasteiger partial charge in [0.15, 0.2) is 5.17 Å². The van der Waals surface area contributed by atoms with Gasteiger partial charge in [0.1, 0.15) is 5.75 Å². The van der Waals surface area contributed by atoms with Crippen molar-refractivity contribution in [3.63, 3.8) is 0 Å². The number of nitrogens with zero attached hydrogens (tertiary/aromatic N) is 1. The van der Waals surface area contributed by atoms with Crippen LogP contribution in [-0.4, -0.2) is 17.5 Å². The molecule has 0 aliphatic rings. The zero-order chi connectivity index (χ0) is 12.7. The van der Waals surface area contributed by atoms with Gasteiger partial charge in [-0.25, -0.2) is 4.99 Å². The average Bonchev–Trinajstić information content (AvgIpc) is 2.31. The molecule has 0 saturated heterocycles. The minimum atomic E-state index is 0.430. The van der Waals surface area contributed by atoms with Crippen LogP contribution in [0.1, 0.15) is 19.4 Å². The molecule has 1 aromatic carbocycles. The van der Waals surface area contributed by atoms with E-state index in [0.717, 1.165) is 22.8 Å². The molecular weight excluding hydrogens is 234 g/mol. The number of hydrogen-bond acceptors (Lipinski definition) is 4. The van der Waals surface area contributed by atoms with Crippen LogP contribution < -0.4 is 16.2 Å². The second kappa shape index (κ2) is 7.19. The first-order chi connectivity index (χ1) is 8.21. The number of hydrogen-bond donors (Lipinski definition) is 2. The van der Waals surface area contributed by atoms with Crippen molar-refractivity contribution in [2.24, 2.45) is 16.5 Å². The first-order valence-electron chi connectivity index (χ1n) is 5.64. The molecule has 0 atom stereocenters. The van der Waals surface area contributed by atoms with Crippen LogP contribution in [0, 0.1) is 0 Å². The third kappa shape index (κ3) is 4.28. The highest BCUT2D eigenvalue weighted by molar-refractivity contribution is 8.13. The van der Waals surface area contributed by atoms with Gasteiger partial charge in [-0.3, -0.25) is 0 Å². The molecule has 1 aromatic rings. The van der Waals surface area contributed by atoms with Crippen molar-refractivity contribution in [1.29, 1.82) is 0 Å². The monoisotopic (exact) mass is 253 g/mol. The van der Waals surface area contributed by atoms with E-state index in [9.17, 15) is 0 Å². The Hall–Kier alpha value is -1.20. The molecule has 0 unspecified atom stereocenters. The average molecular weight is 253 g/mol. The Morgan fingerprint density at radius 1 is 1.41 bits per heavy atom. The first kappa shape index (κ1) is 13.9. The summed E-state index contributed by atoms with van der Waals surface area (Å²) in [5.74, 6) is 1.73. The number of nitrogens with two attached hydrogens (primary N) is 2. The minimum absolute atomic E-state index is 0.430. The Morgan fingerprint density at radius 3 is 2.76 bits per heavy atom. The maximum absolute atomic E-state index is 5.75. The van der Waals surface area contributed by atoms with Crippen molar-refractivity contribution in [3.05, 3.63) is 23.8 Å². The van der Waals surface area contributed by atoms with Gasteiger partial charge in [-0.05, 0) is 30.9 Å². The molecule has 0 bridgehead atoms. The summed E-state index contributed by atoms with van der Waals surface area (Å²) >= 11 is 1.52. The lowest BCUT2D eigenvalue weighted by Gasteiger charge is -2.09. The summed E-state index contributed by atoms with van der Waals surface area (Å²) in [4.78, 5) is 4.30. The smallest absolute Gasteiger partial charge is 0.159 e. The Bertz CT molecular complexity index is 393. The number of aliphatic imine (C=N–C) groups is 1. The van der Waals surface area contributed by atoms with E-state index in [1.807, 2.05) is 32.0 Å². The Morgan fingerprint density at radius 2 is 2.18 bits per heavy atom. The van der Waals surface area contributed by atoms with Gasteiger partial charge in [-0.2, -0.15) is 0 Å². The molecule has 4 nitrogen and oxygen atoms in total. The SMILES string of the molecule is CCOc1ccc(N=C(N)SCC)cc1CN. The number of benzene rings is 1. The summed E-state index contributed by atoms with van der Waals surface area (Å²) in [6.07, 6.45) is 0. The Labute approximate surface area is 106 Å². The Balaban J connectivity index is 2.92. The maximum Gasteiger partial charge on any atom is 0.159 e. The fraction of sp³-hybridized carbons (Fsp3) is 0.417. The zero-order valence-corrected chi connectivity index (χ0v) is 11.1. The van der Waals surface area contributed by atoms with Crippen LogP contribution in [0.2, 0.25) is 0 Å². The van der Waals surface area contributed by atoms with Crippen LogP contribution in [-0.2, 0) is 6.54 Å². The lowest BCUT2D eigenvalue weighted by atomic mass is 10.2. The third-order valence-electron chi connectivity index (χ3n) is 2.10. The summed E-state index contributed by atoms with van der Waals surface area (Å²) in [7, 11) is 0. The second-order valence-corrected chi connectivity index (χ2v) is 4.60. The zero-order valence-electron chi connectivity index (χ0n) is 10.3. The van der Waals surface area contributed by atoms with Crippen molar-refractivity contribution < 1.29 is 4.74 Å². The molecule has 0 spiro atoms. The summed E-state index contributed by atoms with van der Waals surface area (Å²) in [6.45, 7) is 5.04. The fourth-order valence-corrected chi connectivity index (χ4v) is 1.86. The van der Waals surface area contributed by atoms with Crippen LogP contribution in [0.4, 0.5) is 5.69 Å². The van der Waals surface area contributed by atoms with E-state index < -0.39 is 0 Å². The van der Waals surface area contributed by atoms with Crippen LogP contribution in [0.5, 0.6) is 5.75 Å². The molecular formula is C12H19N3OS. The number of ether oxygens (including phenoxy) is 1. The topological polar surface area (TPSA) is 73.6 Å². The normalized spacial score (nSPS) is 11.6. The van der Waals surface area contributed by atoms with Crippen molar-refractivity contribution in [3.8, 4) is 5.75 Å². The Kier molecular flexibility index (Phi) is 5.86. The predicted molar refractivity (Wildman–Crippen MR) is 74.9 cm³/mol.